The fourth-order valence-corrected chi connectivity index (χ4v) is 2.42. The van der Waals surface area contributed by atoms with Gasteiger partial charge in [0, 0.05) is 27.3 Å². The minimum atomic E-state index is -0.0291. The molecule has 0 aromatic heterocycles. The predicted molar refractivity (Wildman–Crippen MR) is 84.7 cm³/mol. The van der Waals surface area contributed by atoms with Crippen molar-refractivity contribution < 1.29 is 26.8 Å². The Hall–Kier alpha value is 0.314. The first-order chi connectivity index (χ1) is 7.05. The SMILES string of the molecule is Cc1ccc(O)c(C(C)(C)C)c1C(C)(C)C.Cl.Cl.[Ti]. The van der Waals surface area contributed by atoms with Crippen molar-refractivity contribution in [1.82, 2.24) is 0 Å². The van der Waals surface area contributed by atoms with Crippen molar-refractivity contribution in [1.29, 1.82) is 0 Å². The molecule has 0 saturated heterocycles. The van der Waals surface area contributed by atoms with E-state index in [1.165, 1.54) is 11.1 Å². The molecule has 1 N–H and O–H groups in total. The Kier molecular flexibility index (Phi) is 10.2. The van der Waals surface area contributed by atoms with Crippen molar-refractivity contribution in [3.63, 3.8) is 0 Å². The molecule has 0 amide bonds. The number of halogens is 2. The number of benzene rings is 1. The van der Waals surface area contributed by atoms with Gasteiger partial charge in [-0.1, -0.05) is 47.6 Å². The standard InChI is InChI=1S/C15H24O.2ClH.Ti/c1-10-8-9-11(16)13(15(5,6)7)12(10)14(2,3)4;;;/h8-9,16H,1-7H3;2*1H;. The molecule has 0 aliphatic heterocycles. The predicted octanol–water partition coefficient (Wildman–Crippen LogP) is 5.14. The van der Waals surface area contributed by atoms with Crippen molar-refractivity contribution in [2.75, 3.05) is 0 Å². The van der Waals surface area contributed by atoms with E-state index in [2.05, 4.69) is 48.5 Å². The number of aryl methyl sites for hydroxylation is 1. The van der Waals surface area contributed by atoms with E-state index in [4.69, 9.17) is 0 Å². The number of rotatable bonds is 0. The van der Waals surface area contributed by atoms with Crippen LogP contribution in [0.4, 0.5) is 0 Å². The molecular weight excluding hydrogens is 315 g/mol. The van der Waals surface area contributed by atoms with Crippen LogP contribution in [0.25, 0.3) is 0 Å². The van der Waals surface area contributed by atoms with E-state index in [0.717, 1.165) is 5.56 Å². The Balaban J connectivity index is -0.000000853. The molecule has 1 nitrogen and oxygen atoms in total. The average Bonchev–Trinajstić information content (AvgIpc) is 2.04. The maximum atomic E-state index is 10.1. The molecule has 110 valence electrons. The van der Waals surface area contributed by atoms with Gasteiger partial charge in [-0.2, -0.15) is 0 Å². The summed E-state index contributed by atoms with van der Waals surface area (Å²) in [4.78, 5) is 0. The van der Waals surface area contributed by atoms with Crippen LogP contribution >= 0.6 is 24.8 Å². The number of aromatic hydroxyl groups is 1. The molecule has 0 aliphatic carbocycles. The molecule has 19 heavy (non-hydrogen) atoms. The molecule has 0 heterocycles. The van der Waals surface area contributed by atoms with Crippen molar-refractivity contribution in [2.45, 2.75) is 59.3 Å². The summed E-state index contributed by atoms with van der Waals surface area (Å²) >= 11 is 0. The first kappa shape index (κ1) is 24.3. The summed E-state index contributed by atoms with van der Waals surface area (Å²) in [6, 6.07) is 3.82. The molecule has 0 unspecified atom stereocenters. The van der Waals surface area contributed by atoms with Crippen LogP contribution in [-0.4, -0.2) is 5.11 Å². The fourth-order valence-electron chi connectivity index (χ4n) is 2.42. The molecule has 1 aromatic carbocycles. The maximum Gasteiger partial charge on any atom is 0.119 e. The van der Waals surface area contributed by atoms with Crippen LogP contribution in [0.1, 0.15) is 58.2 Å². The smallest absolute Gasteiger partial charge is 0.119 e. The number of phenols is 1. The van der Waals surface area contributed by atoms with Gasteiger partial charge < -0.3 is 5.11 Å². The van der Waals surface area contributed by atoms with Gasteiger partial charge in [0.2, 0.25) is 0 Å². The molecule has 0 atom stereocenters. The summed E-state index contributed by atoms with van der Waals surface area (Å²) in [5, 5.41) is 10.1. The van der Waals surface area contributed by atoms with Gasteiger partial charge in [0.05, 0.1) is 0 Å². The molecule has 4 heteroatoms. The summed E-state index contributed by atoms with van der Waals surface area (Å²) < 4.78 is 0. The zero-order valence-electron chi connectivity index (χ0n) is 12.9. The summed E-state index contributed by atoms with van der Waals surface area (Å²) in [6.45, 7) is 15.2. The quantitative estimate of drug-likeness (QED) is 0.648. The monoisotopic (exact) mass is 340 g/mol. The van der Waals surface area contributed by atoms with E-state index in [-0.39, 0.29) is 57.4 Å². The second-order valence-corrected chi connectivity index (χ2v) is 6.65. The van der Waals surface area contributed by atoms with Crippen LogP contribution in [0.2, 0.25) is 0 Å². The molecule has 0 spiro atoms. The Bertz CT molecular complexity index is 365. The van der Waals surface area contributed by atoms with E-state index in [9.17, 15) is 5.11 Å². The van der Waals surface area contributed by atoms with E-state index >= 15 is 0 Å². The Morgan fingerprint density at radius 1 is 0.789 bits per heavy atom. The Labute approximate surface area is 145 Å². The summed E-state index contributed by atoms with van der Waals surface area (Å²) in [5.41, 5.74) is 3.65. The third-order valence-corrected chi connectivity index (χ3v) is 2.89. The van der Waals surface area contributed by atoms with E-state index in [1.54, 1.807) is 0 Å². The molecule has 0 saturated carbocycles. The first-order valence-electron chi connectivity index (χ1n) is 5.88. The average molecular weight is 341 g/mol. The summed E-state index contributed by atoms with van der Waals surface area (Å²) in [6.07, 6.45) is 0. The maximum absolute atomic E-state index is 10.1. The van der Waals surface area contributed by atoms with E-state index in [0.29, 0.717) is 5.75 Å². The molecule has 1 aromatic rings. The number of hydrogen-bond acceptors (Lipinski definition) is 1. The topological polar surface area (TPSA) is 20.2 Å². The Morgan fingerprint density at radius 2 is 1.16 bits per heavy atom. The van der Waals surface area contributed by atoms with Gasteiger partial charge in [0.1, 0.15) is 5.75 Å². The van der Waals surface area contributed by atoms with Crippen LogP contribution < -0.4 is 0 Å². The van der Waals surface area contributed by atoms with E-state index < -0.39 is 0 Å². The van der Waals surface area contributed by atoms with Gasteiger partial charge in [-0.05, 0) is 34.9 Å². The Morgan fingerprint density at radius 3 is 1.42 bits per heavy atom. The van der Waals surface area contributed by atoms with Crippen molar-refractivity contribution in [3.8, 4) is 5.75 Å². The van der Waals surface area contributed by atoms with E-state index in [1.807, 2.05) is 12.1 Å². The molecule has 0 aliphatic rings. The molecule has 1 rings (SSSR count). The van der Waals surface area contributed by atoms with Crippen molar-refractivity contribution in [3.05, 3.63) is 28.8 Å². The van der Waals surface area contributed by atoms with Crippen LogP contribution in [-0.2, 0) is 32.5 Å². The van der Waals surface area contributed by atoms with Gasteiger partial charge in [-0.25, -0.2) is 0 Å². The number of hydrogen-bond donors (Lipinski definition) is 1. The van der Waals surface area contributed by atoms with Gasteiger partial charge in [-0.3, -0.25) is 0 Å². The van der Waals surface area contributed by atoms with Crippen LogP contribution in [0.5, 0.6) is 5.75 Å². The molecule has 0 fully saturated rings. The van der Waals surface area contributed by atoms with Crippen LogP contribution in [0.3, 0.4) is 0 Å². The third-order valence-electron chi connectivity index (χ3n) is 2.89. The van der Waals surface area contributed by atoms with Gasteiger partial charge in [-0.15, -0.1) is 24.8 Å². The third kappa shape index (κ3) is 5.67. The molecule has 0 bridgehead atoms. The summed E-state index contributed by atoms with van der Waals surface area (Å²) in [7, 11) is 0. The zero-order valence-corrected chi connectivity index (χ0v) is 16.1. The van der Waals surface area contributed by atoms with Gasteiger partial charge in [0.25, 0.3) is 0 Å². The number of phenolic OH excluding ortho intramolecular Hbond substituents is 1. The summed E-state index contributed by atoms with van der Waals surface area (Å²) in [5.74, 6) is 0.419. The molecule has 0 radical (unpaired) electrons. The van der Waals surface area contributed by atoms with Crippen LogP contribution in [0, 0.1) is 6.92 Å². The van der Waals surface area contributed by atoms with Crippen LogP contribution in [0.15, 0.2) is 12.1 Å². The first-order valence-corrected chi connectivity index (χ1v) is 5.88. The largest absolute Gasteiger partial charge is 0.508 e. The fraction of sp³-hybridized carbons (Fsp3) is 0.600. The minimum Gasteiger partial charge on any atom is -0.508 e. The minimum absolute atomic E-state index is 0. The van der Waals surface area contributed by atoms with Crippen molar-refractivity contribution in [2.24, 2.45) is 0 Å². The van der Waals surface area contributed by atoms with Crippen molar-refractivity contribution >= 4 is 24.8 Å². The van der Waals surface area contributed by atoms with Gasteiger partial charge >= 0.3 is 0 Å². The normalized spacial score (nSPS) is 10.9. The molecular formula is C15H26Cl2OTi. The zero-order chi connectivity index (χ0) is 12.7. The second kappa shape index (κ2) is 7.93. The second-order valence-electron chi connectivity index (χ2n) is 6.65. The van der Waals surface area contributed by atoms with Gasteiger partial charge in [0.15, 0.2) is 0 Å².